The maximum atomic E-state index is 11.3. The van der Waals surface area contributed by atoms with Crippen molar-refractivity contribution in [2.75, 3.05) is 11.1 Å². The third kappa shape index (κ3) is 2.03. The molecule has 4 heteroatoms. The fraction of sp³-hybridized carbons (Fsp3) is 0.333. The van der Waals surface area contributed by atoms with E-state index in [-0.39, 0.29) is 11.4 Å². The highest BCUT2D eigenvalue weighted by atomic mass is 16.2. The molecule has 0 atom stereocenters. The highest BCUT2D eigenvalue weighted by molar-refractivity contribution is 5.71. The van der Waals surface area contributed by atoms with Crippen LogP contribution in [-0.2, 0) is 6.54 Å². The highest BCUT2D eigenvalue weighted by Crippen LogP contribution is 2.40. The summed E-state index contributed by atoms with van der Waals surface area (Å²) in [5.74, 6) is 0.741. The van der Waals surface area contributed by atoms with Crippen LogP contribution in [0.2, 0.25) is 0 Å². The van der Waals surface area contributed by atoms with E-state index in [0.29, 0.717) is 6.54 Å². The Hall–Kier alpha value is -2.10. The molecule has 3 N–H and O–H groups in total. The van der Waals surface area contributed by atoms with Gasteiger partial charge in [0.25, 0.3) is 10.9 Å². The summed E-state index contributed by atoms with van der Waals surface area (Å²) in [6, 6.07) is 6.44. The number of hydrogen-bond acceptors (Lipinski definition) is 4. The minimum Gasteiger partial charge on any atom is -0.394 e. The molecule has 0 bridgehead atoms. The van der Waals surface area contributed by atoms with E-state index in [1.165, 1.54) is 24.0 Å². The van der Waals surface area contributed by atoms with Gasteiger partial charge in [-0.1, -0.05) is 18.2 Å². The molecule has 19 heavy (non-hydrogen) atoms. The summed E-state index contributed by atoms with van der Waals surface area (Å²) in [5, 5.41) is 2.95. The average Bonchev–Trinajstić information content (AvgIpc) is 3.24. The van der Waals surface area contributed by atoms with E-state index in [2.05, 4.69) is 30.4 Å². The first-order valence-corrected chi connectivity index (χ1v) is 6.50. The van der Waals surface area contributed by atoms with Crippen molar-refractivity contribution < 1.29 is 0 Å². The Morgan fingerprint density at radius 1 is 1.26 bits per heavy atom. The van der Waals surface area contributed by atoms with Crippen molar-refractivity contribution >= 4 is 11.4 Å². The van der Waals surface area contributed by atoms with Crippen LogP contribution in [0.3, 0.4) is 0 Å². The quantitative estimate of drug-likeness (QED) is 0.816. The van der Waals surface area contributed by atoms with Gasteiger partial charge in [-0.05, 0) is 42.4 Å². The largest absolute Gasteiger partial charge is 0.394 e. The molecular formula is C15H16N2O2. The molecule has 2 aromatic rings. The summed E-state index contributed by atoms with van der Waals surface area (Å²) in [6.45, 7) is 2.58. The summed E-state index contributed by atoms with van der Waals surface area (Å²) < 4.78 is 0. The summed E-state index contributed by atoms with van der Waals surface area (Å²) in [7, 11) is 0. The van der Waals surface area contributed by atoms with E-state index < -0.39 is 10.9 Å². The molecule has 0 aliphatic heterocycles. The second-order valence-corrected chi connectivity index (χ2v) is 5.26. The Balaban J connectivity index is 1.73. The fourth-order valence-electron chi connectivity index (χ4n) is 2.36. The molecule has 1 aliphatic carbocycles. The Morgan fingerprint density at radius 3 is 2.58 bits per heavy atom. The molecule has 1 fully saturated rings. The minimum absolute atomic E-state index is 0.0530. The van der Waals surface area contributed by atoms with Crippen LogP contribution in [0.5, 0.6) is 0 Å². The van der Waals surface area contributed by atoms with Crippen LogP contribution in [0.1, 0.15) is 35.4 Å². The molecule has 0 unspecified atom stereocenters. The Labute approximate surface area is 110 Å². The molecule has 0 aromatic heterocycles. The third-order valence-corrected chi connectivity index (χ3v) is 3.82. The number of nitrogens with two attached hydrogens (primary N) is 1. The van der Waals surface area contributed by atoms with Crippen LogP contribution in [-0.4, -0.2) is 0 Å². The second kappa shape index (κ2) is 4.23. The van der Waals surface area contributed by atoms with Crippen molar-refractivity contribution in [3.63, 3.8) is 0 Å². The molecule has 98 valence electrons. The van der Waals surface area contributed by atoms with Gasteiger partial charge in [-0.2, -0.15) is 0 Å². The lowest BCUT2D eigenvalue weighted by Crippen LogP contribution is -2.36. The van der Waals surface area contributed by atoms with Gasteiger partial charge in [-0.3, -0.25) is 9.59 Å². The average molecular weight is 256 g/mol. The SMILES string of the molecule is Cc1cc(C2CC2)ccc1CNc1c(N)c(=O)c1=O. The van der Waals surface area contributed by atoms with Gasteiger partial charge in [0.1, 0.15) is 11.4 Å². The predicted octanol–water partition coefficient (Wildman–Crippen LogP) is 1.66. The van der Waals surface area contributed by atoms with E-state index in [1.807, 2.05) is 0 Å². The van der Waals surface area contributed by atoms with Crippen LogP contribution < -0.4 is 21.9 Å². The lowest BCUT2D eigenvalue weighted by molar-refractivity contribution is 1.07. The first-order chi connectivity index (χ1) is 9.08. The van der Waals surface area contributed by atoms with Crippen molar-refractivity contribution in [2.45, 2.75) is 32.2 Å². The van der Waals surface area contributed by atoms with Crippen molar-refractivity contribution in [1.29, 1.82) is 0 Å². The molecule has 0 heterocycles. The number of aryl methyl sites for hydroxylation is 1. The molecule has 0 amide bonds. The predicted molar refractivity (Wildman–Crippen MR) is 76.2 cm³/mol. The van der Waals surface area contributed by atoms with E-state index in [9.17, 15) is 9.59 Å². The van der Waals surface area contributed by atoms with Crippen LogP contribution in [0, 0.1) is 6.92 Å². The lowest BCUT2D eigenvalue weighted by atomic mass is 10.0. The molecule has 3 rings (SSSR count). The van der Waals surface area contributed by atoms with Crippen molar-refractivity contribution in [2.24, 2.45) is 0 Å². The Kier molecular flexibility index (Phi) is 2.66. The molecule has 1 saturated carbocycles. The number of rotatable bonds is 4. The van der Waals surface area contributed by atoms with Gasteiger partial charge >= 0.3 is 0 Å². The second-order valence-electron chi connectivity index (χ2n) is 5.26. The van der Waals surface area contributed by atoms with Gasteiger partial charge in [-0.15, -0.1) is 0 Å². The van der Waals surface area contributed by atoms with Crippen molar-refractivity contribution in [3.8, 4) is 0 Å². The number of nitrogen functional groups attached to an aromatic ring is 1. The Bertz CT molecular complexity index is 707. The van der Waals surface area contributed by atoms with Crippen molar-refractivity contribution in [3.05, 3.63) is 55.3 Å². The minimum atomic E-state index is -0.580. The third-order valence-electron chi connectivity index (χ3n) is 3.82. The van der Waals surface area contributed by atoms with Crippen LogP contribution in [0.25, 0.3) is 0 Å². The topological polar surface area (TPSA) is 72.2 Å². The summed E-state index contributed by atoms with van der Waals surface area (Å²) in [4.78, 5) is 22.3. The normalized spacial score (nSPS) is 14.8. The van der Waals surface area contributed by atoms with Crippen LogP contribution in [0.15, 0.2) is 27.8 Å². The monoisotopic (exact) mass is 256 g/mol. The zero-order valence-electron chi connectivity index (χ0n) is 10.8. The Morgan fingerprint density at radius 2 is 2.00 bits per heavy atom. The van der Waals surface area contributed by atoms with E-state index in [0.717, 1.165) is 11.5 Å². The molecule has 2 aromatic carbocycles. The fourth-order valence-corrected chi connectivity index (χ4v) is 2.36. The van der Waals surface area contributed by atoms with Crippen molar-refractivity contribution in [1.82, 2.24) is 0 Å². The van der Waals surface area contributed by atoms with Crippen LogP contribution in [0.4, 0.5) is 11.4 Å². The van der Waals surface area contributed by atoms with E-state index in [4.69, 9.17) is 5.73 Å². The number of hydrogen-bond donors (Lipinski definition) is 2. The van der Waals surface area contributed by atoms with E-state index in [1.54, 1.807) is 0 Å². The molecule has 1 aliphatic rings. The van der Waals surface area contributed by atoms with Gasteiger partial charge in [0, 0.05) is 6.54 Å². The van der Waals surface area contributed by atoms with E-state index >= 15 is 0 Å². The van der Waals surface area contributed by atoms with Gasteiger partial charge in [0.2, 0.25) is 0 Å². The van der Waals surface area contributed by atoms with Gasteiger partial charge in [0.15, 0.2) is 0 Å². The zero-order valence-corrected chi connectivity index (χ0v) is 10.8. The number of benzene rings is 1. The molecule has 0 saturated heterocycles. The van der Waals surface area contributed by atoms with Crippen LogP contribution >= 0.6 is 0 Å². The smallest absolute Gasteiger partial charge is 0.253 e. The van der Waals surface area contributed by atoms with Gasteiger partial charge < -0.3 is 11.1 Å². The molecule has 0 radical (unpaired) electrons. The first kappa shape index (κ1) is 12.0. The maximum absolute atomic E-state index is 11.3. The highest BCUT2D eigenvalue weighted by Gasteiger charge is 2.23. The zero-order chi connectivity index (χ0) is 13.6. The van der Waals surface area contributed by atoms with Gasteiger partial charge in [0.05, 0.1) is 0 Å². The molecular weight excluding hydrogens is 240 g/mol. The first-order valence-electron chi connectivity index (χ1n) is 6.50. The standard InChI is InChI=1S/C15H16N2O2/c1-8-6-10(9-2-3-9)4-5-11(8)7-17-13-12(16)14(18)15(13)19/h4-6,9,17H,2-3,7,16H2,1H3. The lowest BCUT2D eigenvalue weighted by Gasteiger charge is -2.12. The number of anilines is 2. The summed E-state index contributed by atoms with van der Waals surface area (Å²) >= 11 is 0. The molecule has 0 spiro atoms. The maximum Gasteiger partial charge on any atom is 0.253 e. The molecule has 4 nitrogen and oxygen atoms in total. The van der Waals surface area contributed by atoms with Gasteiger partial charge in [-0.25, -0.2) is 0 Å². The summed E-state index contributed by atoms with van der Waals surface area (Å²) in [5.41, 5.74) is 8.42. The number of nitrogens with one attached hydrogen (secondary N) is 1. The summed E-state index contributed by atoms with van der Waals surface area (Å²) in [6.07, 6.45) is 2.58.